The molecule has 3 aromatic rings. The Morgan fingerprint density at radius 3 is 2.73 bits per heavy atom. The summed E-state index contributed by atoms with van der Waals surface area (Å²) in [5, 5.41) is 8.28. The van der Waals surface area contributed by atoms with E-state index in [1.54, 1.807) is 12.1 Å². The van der Waals surface area contributed by atoms with Crippen LogP contribution in [-0.2, 0) is 13.0 Å². The van der Waals surface area contributed by atoms with Crippen LogP contribution in [0.15, 0.2) is 24.3 Å². The Hall–Kier alpha value is -2.13. The molecule has 2 aliphatic rings. The Kier molecular flexibility index (Phi) is 7.28. The summed E-state index contributed by atoms with van der Waals surface area (Å²) in [6, 6.07) is 7.08. The number of H-pyrrole nitrogens is 1. The number of nitrogens with one attached hydrogen (secondary N) is 3. The van der Waals surface area contributed by atoms with Gasteiger partial charge in [-0.05, 0) is 50.1 Å². The highest BCUT2D eigenvalue weighted by Crippen LogP contribution is 2.26. The van der Waals surface area contributed by atoms with Crippen LogP contribution >= 0.6 is 35.3 Å². The number of carbonyl (C=O) groups excluding carboxylic acids is 2. The number of likely N-dealkylation sites (N-methyl/N-ethyl adjacent to an activating group) is 1. The smallest absolute Gasteiger partial charge is 0.280 e. The number of aromatic nitrogens is 2. The summed E-state index contributed by atoms with van der Waals surface area (Å²) in [5.41, 5.74) is 2.41. The highest BCUT2D eigenvalue weighted by atomic mass is 35.5. The molecule has 3 N–H and O–H groups in total. The first-order valence-electron chi connectivity index (χ1n) is 11.1. The summed E-state index contributed by atoms with van der Waals surface area (Å²) in [6.45, 7) is 5.02. The van der Waals surface area contributed by atoms with Crippen LogP contribution in [0.4, 0.5) is 0 Å². The predicted molar refractivity (Wildman–Crippen MR) is 134 cm³/mol. The first kappa shape index (κ1) is 24.0. The lowest BCUT2D eigenvalue weighted by molar-refractivity contribution is 0.0889. The van der Waals surface area contributed by atoms with E-state index in [0.29, 0.717) is 15.7 Å². The average molecular weight is 508 g/mol. The summed E-state index contributed by atoms with van der Waals surface area (Å²) in [4.78, 5) is 37.1. The van der Waals surface area contributed by atoms with Crippen molar-refractivity contribution >= 4 is 58.1 Å². The minimum Gasteiger partial charge on any atom is -0.351 e. The molecule has 0 spiro atoms. The highest BCUT2D eigenvalue weighted by molar-refractivity contribution is 7.13. The van der Waals surface area contributed by atoms with Gasteiger partial charge in [-0.3, -0.25) is 14.5 Å². The van der Waals surface area contributed by atoms with Gasteiger partial charge in [0.1, 0.15) is 5.69 Å². The fraction of sp³-hybridized carbons (Fsp3) is 0.435. The number of rotatable bonds is 5. The van der Waals surface area contributed by atoms with E-state index in [1.165, 1.54) is 16.2 Å². The predicted octanol–water partition coefficient (Wildman–Crippen LogP) is 4.16. The second-order valence-electron chi connectivity index (χ2n) is 8.51. The standard InChI is InChI=1S/C23H26ClN5O2S.ClH/c1-2-29-9-8-18-20(12-29)32-23(28-18)22(31)27-17-5-3-4-16(17)26-21(30)19-11-13-10-14(24)6-7-15(13)25-19;/h6-7,10-11,16-17,25H,2-5,8-9,12H2,1H3,(H,26,30)(H,27,31);1H/t16-,17-;/m1./s1. The number of hydrogen-bond donors (Lipinski definition) is 3. The summed E-state index contributed by atoms with van der Waals surface area (Å²) in [7, 11) is 0. The van der Waals surface area contributed by atoms with Crippen LogP contribution in [0.3, 0.4) is 0 Å². The van der Waals surface area contributed by atoms with Crippen molar-refractivity contribution in [3.63, 3.8) is 0 Å². The molecule has 2 aromatic heterocycles. The number of thiazole rings is 1. The highest BCUT2D eigenvalue weighted by Gasteiger charge is 2.32. The lowest BCUT2D eigenvalue weighted by Gasteiger charge is -2.23. The van der Waals surface area contributed by atoms with Crippen molar-refractivity contribution in [2.24, 2.45) is 0 Å². The summed E-state index contributed by atoms with van der Waals surface area (Å²) in [6.07, 6.45) is 3.53. The van der Waals surface area contributed by atoms with Crippen molar-refractivity contribution in [1.29, 1.82) is 0 Å². The number of hydrogen-bond acceptors (Lipinski definition) is 5. The van der Waals surface area contributed by atoms with Gasteiger partial charge in [0.25, 0.3) is 11.8 Å². The van der Waals surface area contributed by atoms with E-state index in [2.05, 4.69) is 32.4 Å². The molecular formula is C23H27Cl2N5O2S. The van der Waals surface area contributed by atoms with Gasteiger partial charge in [-0.2, -0.15) is 0 Å². The van der Waals surface area contributed by atoms with E-state index < -0.39 is 0 Å². The van der Waals surface area contributed by atoms with Crippen LogP contribution < -0.4 is 10.6 Å². The van der Waals surface area contributed by atoms with Crippen molar-refractivity contribution in [2.45, 2.75) is 51.2 Å². The molecule has 0 radical (unpaired) electrons. The number of aromatic amines is 1. The fourth-order valence-corrected chi connectivity index (χ4v) is 5.86. The first-order chi connectivity index (χ1) is 15.5. The molecule has 1 aliphatic carbocycles. The molecule has 33 heavy (non-hydrogen) atoms. The van der Waals surface area contributed by atoms with Gasteiger partial charge in [0.05, 0.1) is 5.69 Å². The van der Waals surface area contributed by atoms with E-state index in [1.807, 2.05) is 12.1 Å². The lowest BCUT2D eigenvalue weighted by atomic mass is 10.1. The van der Waals surface area contributed by atoms with Crippen molar-refractivity contribution in [3.8, 4) is 0 Å². The summed E-state index contributed by atoms with van der Waals surface area (Å²) >= 11 is 7.54. The Balaban J connectivity index is 0.00000259. The normalized spacial score (nSPS) is 20.3. The first-order valence-corrected chi connectivity index (χ1v) is 12.3. The van der Waals surface area contributed by atoms with Crippen molar-refractivity contribution in [3.05, 3.63) is 50.6 Å². The zero-order chi connectivity index (χ0) is 22.2. The third-order valence-electron chi connectivity index (χ3n) is 6.43. The second-order valence-corrected chi connectivity index (χ2v) is 10.0. The molecule has 3 heterocycles. The maximum Gasteiger partial charge on any atom is 0.280 e. The number of amides is 2. The molecule has 0 unspecified atom stereocenters. The molecule has 1 aliphatic heterocycles. The zero-order valence-electron chi connectivity index (χ0n) is 18.3. The third kappa shape index (κ3) is 5.04. The topological polar surface area (TPSA) is 90.1 Å². The fourth-order valence-electron chi connectivity index (χ4n) is 4.62. The van der Waals surface area contributed by atoms with Crippen LogP contribution in [-0.4, -0.2) is 51.9 Å². The number of carbonyl (C=O) groups is 2. The molecule has 0 bridgehead atoms. The molecular weight excluding hydrogens is 481 g/mol. The van der Waals surface area contributed by atoms with Gasteiger partial charge < -0.3 is 15.6 Å². The molecule has 0 saturated heterocycles. The van der Waals surface area contributed by atoms with Gasteiger partial charge >= 0.3 is 0 Å². The van der Waals surface area contributed by atoms with Crippen LogP contribution in [0.25, 0.3) is 10.9 Å². The molecule has 2 atom stereocenters. The van der Waals surface area contributed by atoms with Crippen molar-refractivity contribution in [1.82, 2.24) is 25.5 Å². The lowest BCUT2D eigenvalue weighted by Crippen LogP contribution is -2.48. The SMILES string of the molecule is CCN1CCc2nc(C(=O)N[C@@H]3CCC[C@H]3NC(=O)c3cc4cc(Cl)ccc4[nH]3)sc2C1.Cl. The second kappa shape index (κ2) is 10.0. The van der Waals surface area contributed by atoms with Crippen molar-refractivity contribution < 1.29 is 9.59 Å². The zero-order valence-corrected chi connectivity index (χ0v) is 20.7. The van der Waals surface area contributed by atoms with Crippen LogP contribution in [0.2, 0.25) is 5.02 Å². The Bertz CT molecular complexity index is 1180. The molecule has 2 amide bonds. The van der Waals surface area contributed by atoms with Gasteiger partial charge in [-0.15, -0.1) is 23.7 Å². The molecule has 176 valence electrons. The summed E-state index contributed by atoms with van der Waals surface area (Å²) in [5.74, 6) is -0.313. The maximum absolute atomic E-state index is 12.9. The van der Waals surface area contributed by atoms with Gasteiger partial charge in [0, 0.05) is 52.4 Å². The van der Waals surface area contributed by atoms with Crippen molar-refractivity contribution in [2.75, 3.05) is 13.1 Å². The van der Waals surface area contributed by atoms with Crippen LogP contribution in [0.1, 0.15) is 57.0 Å². The molecule has 5 rings (SSSR count). The minimum atomic E-state index is -0.173. The molecule has 1 saturated carbocycles. The van der Waals surface area contributed by atoms with Crippen LogP contribution in [0.5, 0.6) is 0 Å². The molecule has 10 heteroatoms. The van der Waals surface area contributed by atoms with Crippen LogP contribution in [0, 0.1) is 0 Å². The largest absolute Gasteiger partial charge is 0.351 e. The minimum absolute atomic E-state index is 0. The number of fused-ring (bicyclic) bond motifs is 2. The Labute approximate surface area is 207 Å². The van der Waals surface area contributed by atoms with Gasteiger partial charge in [-0.1, -0.05) is 18.5 Å². The molecule has 1 fully saturated rings. The maximum atomic E-state index is 12.9. The van der Waals surface area contributed by atoms with E-state index in [0.717, 1.165) is 61.9 Å². The Morgan fingerprint density at radius 1 is 1.21 bits per heavy atom. The van der Waals surface area contributed by atoms with Gasteiger partial charge in [-0.25, -0.2) is 4.98 Å². The van der Waals surface area contributed by atoms with E-state index in [-0.39, 0.29) is 36.3 Å². The molecule has 7 nitrogen and oxygen atoms in total. The van der Waals surface area contributed by atoms with E-state index in [9.17, 15) is 9.59 Å². The number of benzene rings is 1. The van der Waals surface area contributed by atoms with E-state index in [4.69, 9.17) is 11.6 Å². The number of halogens is 2. The molecule has 1 aromatic carbocycles. The monoisotopic (exact) mass is 507 g/mol. The summed E-state index contributed by atoms with van der Waals surface area (Å²) < 4.78 is 0. The average Bonchev–Trinajstić information content (AvgIpc) is 3.51. The van der Waals surface area contributed by atoms with Gasteiger partial charge in [0.15, 0.2) is 5.01 Å². The van der Waals surface area contributed by atoms with E-state index >= 15 is 0 Å². The third-order valence-corrected chi connectivity index (χ3v) is 7.74. The Morgan fingerprint density at radius 2 is 1.97 bits per heavy atom. The van der Waals surface area contributed by atoms with Gasteiger partial charge in [0.2, 0.25) is 0 Å². The quantitative estimate of drug-likeness (QED) is 0.483. The number of nitrogens with zero attached hydrogens (tertiary/aromatic N) is 2.